The Morgan fingerprint density at radius 3 is 1.84 bits per heavy atom. The second kappa shape index (κ2) is 23.4. The molecule has 0 aromatic carbocycles. The van der Waals surface area contributed by atoms with Gasteiger partial charge in [0.15, 0.2) is 0 Å². The molecule has 0 saturated heterocycles. The largest absolute Gasteiger partial charge is 0.387 e. The van der Waals surface area contributed by atoms with Crippen LogP contribution in [0.15, 0.2) is 48.6 Å². The highest BCUT2D eigenvalue weighted by Crippen LogP contribution is 2.09. The zero-order valence-electron chi connectivity index (χ0n) is 22.9. The van der Waals surface area contributed by atoms with Crippen molar-refractivity contribution in [2.24, 2.45) is 0 Å². The number of aliphatic hydroxyl groups excluding tert-OH is 2. The second-order valence-electron chi connectivity index (χ2n) is 9.44. The van der Waals surface area contributed by atoms with Crippen LogP contribution in [0.5, 0.6) is 0 Å². The highest BCUT2D eigenvalue weighted by atomic mass is 32.2. The number of unbranched alkanes of at least 4 members (excludes halogenated alkanes) is 8. The van der Waals surface area contributed by atoms with E-state index in [-0.39, 0.29) is 6.42 Å². The smallest absolute Gasteiger partial charge is 0.267 e. The van der Waals surface area contributed by atoms with Crippen LogP contribution in [-0.4, -0.2) is 53.1 Å². The van der Waals surface area contributed by atoms with Gasteiger partial charge in [-0.3, -0.25) is 9.35 Å². The van der Waals surface area contributed by atoms with Crippen LogP contribution in [0, 0.1) is 0 Å². The zero-order valence-corrected chi connectivity index (χ0v) is 23.7. The van der Waals surface area contributed by atoms with Crippen molar-refractivity contribution in [1.82, 2.24) is 5.32 Å². The lowest BCUT2D eigenvalue weighted by Gasteiger charge is -2.22. The molecule has 0 heterocycles. The lowest BCUT2D eigenvalue weighted by Crippen LogP contribution is -2.50. The monoisotopic (exact) mass is 541 g/mol. The Kier molecular flexibility index (Phi) is 22.3. The third-order valence-electron chi connectivity index (χ3n) is 5.79. The maximum Gasteiger partial charge on any atom is 0.267 e. The van der Waals surface area contributed by atoms with Crippen LogP contribution in [0.2, 0.25) is 0 Å². The molecule has 0 aliphatic heterocycles. The first-order valence-electron chi connectivity index (χ1n) is 13.9. The summed E-state index contributed by atoms with van der Waals surface area (Å²) in [7, 11) is -4.44. The second-order valence-corrected chi connectivity index (χ2v) is 10.9. The van der Waals surface area contributed by atoms with Gasteiger partial charge in [0.2, 0.25) is 5.91 Å². The highest BCUT2D eigenvalue weighted by Gasteiger charge is 2.27. The standard InChI is InChI=1S/C29H51NO6S/c1-3-5-7-9-11-13-14-16-17-19-21-23-27(31)26(25-37(34,35)36)30-29(33)28(32)24-22-20-18-15-12-10-8-6-4-2/h7,9-10,12,14,16,21,23,26-28,31-32H,3-6,8,11,13,15,17-20,22,24-25H2,1-2H3,(H,30,33)(H,34,35,36)/b9-7+,12-10-,16-14+,23-21+. The molecule has 3 atom stereocenters. The van der Waals surface area contributed by atoms with Gasteiger partial charge in [0, 0.05) is 0 Å². The molecule has 3 unspecified atom stereocenters. The van der Waals surface area contributed by atoms with Gasteiger partial charge in [0.05, 0.1) is 17.9 Å². The van der Waals surface area contributed by atoms with Crippen molar-refractivity contribution >= 4 is 16.0 Å². The molecule has 0 aromatic rings. The molecule has 7 nitrogen and oxygen atoms in total. The molecule has 0 rings (SSSR count). The minimum atomic E-state index is -4.44. The summed E-state index contributed by atoms with van der Waals surface area (Å²) in [5.41, 5.74) is 0. The molecule has 0 bridgehead atoms. The van der Waals surface area contributed by atoms with Crippen LogP contribution in [0.4, 0.5) is 0 Å². The number of allylic oxidation sites excluding steroid dienone is 7. The average Bonchev–Trinajstić information content (AvgIpc) is 2.84. The molecule has 0 aromatic heterocycles. The van der Waals surface area contributed by atoms with Crippen LogP contribution >= 0.6 is 0 Å². The molecular weight excluding hydrogens is 490 g/mol. The van der Waals surface area contributed by atoms with Crippen molar-refractivity contribution in [3.8, 4) is 0 Å². The van der Waals surface area contributed by atoms with Crippen LogP contribution in [0.25, 0.3) is 0 Å². The topological polar surface area (TPSA) is 124 Å². The van der Waals surface area contributed by atoms with Crippen molar-refractivity contribution in [3.63, 3.8) is 0 Å². The van der Waals surface area contributed by atoms with Gasteiger partial charge >= 0.3 is 0 Å². The molecule has 214 valence electrons. The molecule has 0 fully saturated rings. The number of rotatable bonds is 23. The maximum absolute atomic E-state index is 12.4. The fraction of sp³-hybridized carbons (Fsp3) is 0.690. The predicted molar refractivity (Wildman–Crippen MR) is 153 cm³/mol. The first kappa shape index (κ1) is 35.3. The van der Waals surface area contributed by atoms with Crippen molar-refractivity contribution in [2.75, 3.05) is 5.75 Å². The molecule has 0 saturated carbocycles. The van der Waals surface area contributed by atoms with Gasteiger partial charge in [-0.15, -0.1) is 0 Å². The van der Waals surface area contributed by atoms with Gasteiger partial charge in [-0.25, -0.2) is 0 Å². The third kappa shape index (κ3) is 23.1. The minimum absolute atomic E-state index is 0.247. The predicted octanol–water partition coefficient (Wildman–Crippen LogP) is 5.81. The SMILES string of the molecule is CCC/C=C/CC/C=C/CC/C=C/C(O)C(CS(=O)(=O)O)NC(=O)C(O)CCCCC/C=C\CCCC. The minimum Gasteiger partial charge on any atom is -0.387 e. The number of carbonyl (C=O) groups excluding carboxylic acids is 1. The summed E-state index contributed by atoms with van der Waals surface area (Å²) >= 11 is 0. The molecule has 0 aliphatic rings. The molecule has 37 heavy (non-hydrogen) atoms. The quantitative estimate of drug-likeness (QED) is 0.0735. The number of hydrogen-bond acceptors (Lipinski definition) is 5. The Morgan fingerprint density at radius 1 is 0.730 bits per heavy atom. The molecule has 0 radical (unpaired) electrons. The number of carbonyl (C=O) groups is 1. The Bertz CT molecular complexity index is 788. The summed E-state index contributed by atoms with van der Waals surface area (Å²) in [6.07, 6.45) is 26.2. The van der Waals surface area contributed by atoms with Gasteiger partial charge in [0.25, 0.3) is 10.1 Å². The van der Waals surface area contributed by atoms with E-state index in [1.165, 1.54) is 18.9 Å². The maximum atomic E-state index is 12.4. The van der Waals surface area contributed by atoms with E-state index in [9.17, 15) is 28.0 Å². The Hall–Kier alpha value is -1.74. The Morgan fingerprint density at radius 2 is 1.27 bits per heavy atom. The average molecular weight is 542 g/mol. The number of aliphatic hydroxyl groups is 2. The van der Waals surface area contributed by atoms with Crippen LogP contribution in [0.3, 0.4) is 0 Å². The van der Waals surface area contributed by atoms with E-state index in [4.69, 9.17) is 0 Å². The summed E-state index contributed by atoms with van der Waals surface area (Å²) in [6.45, 7) is 4.31. The molecular formula is C29H51NO6S. The summed E-state index contributed by atoms with van der Waals surface area (Å²) in [5, 5.41) is 23.0. The van der Waals surface area contributed by atoms with Gasteiger partial charge in [0.1, 0.15) is 6.10 Å². The first-order valence-corrected chi connectivity index (χ1v) is 15.6. The number of nitrogens with one attached hydrogen (secondary N) is 1. The number of hydrogen-bond donors (Lipinski definition) is 4. The van der Waals surface area contributed by atoms with Gasteiger partial charge in [-0.2, -0.15) is 8.42 Å². The summed E-state index contributed by atoms with van der Waals surface area (Å²) in [6, 6.07) is -1.26. The van der Waals surface area contributed by atoms with Crippen LogP contribution < -0.4 is 5.32 Å². The number of amides is 1. The van der Waals surface area contributed by atoms with Crippen LogP contribution in [0.1, 0.15) is 104 Å². The lowest BCUT2D eigenvalue weighted by atomic mass is 10.1. The van der Waals surface area contributed by atoms with E-state index in [0.717, 1.165) is 57.8 Å². The molecule has 8 heteroatoms. The van der Waals surface area contributed by atoms with Gasteiger partial charge in [-0.05, 0) is 57.8 Å². The van der Waals surface area contributed by atoms with Crippen molar-refractivity contribution in [2.45, 2.75) is 122 Å². The van der Waals surface area contributed by atoms with E-state index < -0.39 is 40.0 Å². The molecule has 1 amide bonds. The lowest BCUT2D eigenvalue weighted by molar-refractivity contribution is -0.130. The van der Waals surface area contributed by atoms with E-state index in [2.05, 4.69) is 55.6 Å². The fourth-order valence-corrected chi connectivity index (χ4v) is 4.32. The molecule has 0 aliphatic carbocycles. The highest BCUT2D eigenvalue weighted by molar-refractivity contribution is 7.85. The fourth-order valence-electron chi connectivity index (χ4n) is 3.59. The van der Waals surface area contributed by atoms with E-state index in [1.54, 1.807) is 6.08 Å². The summed E-state index contributed by atoms with van der Waals surface area (Å²) in [5.74, 6) is -1.59. The van der Waals surface area contributed by atoms with Crippen molar-refractivity contribution in [1.29, 1.82) is 0 Å². The zero-order chi connectivity index (χ0) is 27.8. The third-order valence-corrected chi connectivity index (χ3v) is 6.57. The summed E-state index contributed by atoms with van der Waals surface area (Å²) < 4.78 is 32.0. The molecule has 0 spiro atoms. The van der Waals surface area contributed by atoms with Crippen LogP contribution in [-0.2, 0) is 14.9 Å². The van der Waals surface area contributed by atoms with Gasteiger partial charge < -0.3 is 15.5 Å². The first-order chi connectivity index (χ1) is 17.7. The van der Waals surface area contributed by atoms with E-state index >= 15 is 0 Å². The van der Waals surface area contributed by atoms with E-state index in [1.807, 2.05) is 0 Å². The van der Waals surface area contributed by atoms with Gasteiger partial charge in [-0.1, -0.05) is 94.6 Å². The van der Waals surface area contributed by atoms with Crippen molar-refractivity contribution in [3.05, 3.63) is 48.6 Å². The Balaban J connectivity index is 4.46. The normalized spacial score (nSPS) is 15.3. The molecule has 4 N–H and O–H groups in total. The Labute approximate surface area is 225 Å². The van der Waals surface area contributed by atoms with E-state index in [0.29, 0.717) is 12.8 Å². The summed E-state index contributed by atoms with van der Waals surface area (Å²) in [4.78, 5) is 12.4. The van der Waals surface area contributed by atoms with Crippen molar-refractivity contribution < 1.29 is 28.0 Å².